The number of imidazole rings is 1. The van der Waals surface area contributed by atoms with Crippen LogP contribution in [0.3, 0.4) is 0 Å². The number of hydrogen-bond acceptors (Lipinski definition) is 7. The summed E-state index contributed by atoms with van der Waals surface area (Å²) in [7, 11) is 0. The van der Waals surface area contributed by atoms with Crippen LogP contribution in [0, 0.1) is 12.7 Å². The number of piperazine rings is 1. The minimum atomic E-state index is -0.939. The van der Waals surface area contributed by atoms with Crippen molar-refractivity contribution in [1.29, 1.82) is 0 Å². The van der Waals surface area contributed by atoms with Gasteiger partial charge in [-0.05, 0) is 74.2 Å². The number of aromatic nitrogens is 3. The highest BCUT2D eigenvalue weighted by molar-refractivity contribution is 5.92. The average molecular weight is 572 g/mol. The maximum Gasteiger partial charge on any atom is 0.335 e. The molecule has 218 valence electrons. The van der Waals surface area contributed by atoms with Gasteiger partial charge in [-0.3, -0.25) is 4.90 Å². The van der Waals surface area contributed by atoms with Gasteiger partial charge in [-0.1, -0.05) is 12.1 Å². The number of nitrogens with zero attached hydrogens (tertiary/aromatic N) is 5. The van der Waals surface area contributed by atoms with Crippen molar-refractivity contribution in [3.05, 3.63) is 83.1 Å². The minimum absolute atomic E-state index is 0.132. The number of carbonyl (C=O) groups is 1. The molecule has 1 N–H and O–H groups in total. The first-order valence-electron chi connectivity index (χ1n) is 14.6. The fraction of sp³-hybridized carbons (Fsp3) is 0.406. The molecule has 2 aromatic heterocycles. The van der Waals surface area contributed by atoms with Crippen LogP contribution in [-0.4, -0.2) is 68.4 Å². The van der Waals surface area contributed by atoms with Crippen molar-refractivity contribution < 1.29 is 23.8 Å². The Hall–Kier alpha value is -4.02. The van der Waals surface area contributed by atoms with Crippen LogP contribution < -0.4 is 9.64 Å². The normalized spacial score (nSPS) is 22.0. The van der Waals surface area contributed by atoms with Gasteiger partial charge in [0.15, 0.2) is 11.6 Å². The third-order valence-electron chi connectivity index (χ3n) is 8.70. The van der Waals surface area contributed by atoms with E-state index in [0.29, 0.717) is 25.2 Å². The van der Waals surface area contributed by atoms with Gasteiger partial charge in [-0.15, -0.1) is 0 Å². The van der Waals surface area contributed by atoms with Crippen molar-refractivity contribution in [3.63, 3.8) is 0 Å². The zero-order valence-electron chi connectivity index (χ0n) is 23.6. The zero-order valence-corrected chi connectivity index (χ0v) is 23.6. The number of ether oxygens (including phenoxy) is 2. The molecule has 10 heteroatoms. The number of aromatic carboxylic acids is 1. The smallest absolute Gasteiger partial charge is 0.335 e. The lowest BCUT2D eigenvalue weighted by atomic mass is 10.1. The van der Waals surface area contributed by atoms with E-state index in [2.05, 4.69) is 20.4 Å². The summed E-state index contributed by atoms with van der Waals surface area (Å²) in [5, 5.41) is 9.55. The summed E-state index contributed by atoms with van der Waals surface area (Å²) >= 11 is 0. The van der Waals surface area contributed by atoms with Crippen LogP contribution in [0.2, 0.25) is 0 Å². The predicted octanol–water partition coefficient (Wildman–Crippen LogP) is 4.80. The molecule has 2 aromatic carbocycles. The topological polar surface area (TPSA) is 93.0 Å². The molecule has 9 nitrogen and oxygen atoms in total. The number of pyridine rings is 1. The van der Waals surface area contributed by atoms with Crippen LogP contribution in [0.1, 0.15) is 46.7 Å². The van der Waals surface area contributed by atoms with Crippen molar-refractivity contribution in [2.75, 3.05) is 24.6 Å². The number of likely N-dealkylation sites (tertiary alicyclic amines) is 1. The summed E-state index contributed by atoms with van der Waals surface area (Å²) in [6.45, 7) is 5.95. The van der Waals surface area contributed by atoms with Crippen molar-refractivity contribution >= 4 is 22.8 Å². The van der Waals surface area contributed by atoms with Crippen LogP contribution in [-0.2, 0) is 24.4 Å². The zero-order chi connectivity index (χ0) is 28.8. The highest BCUT2D eigenvalue weighted by Crippen LogP contribution is 2.35. The lowest BCUT2D eigenvalue weighted by molar-refractivity contribution is -0.0592. The lowest BCUT2D eigenvalue weighted by Gasteiger charge is -2.42. The third kappa shape index (κ3) is 5.20. The SMILES string of the molecule is Cc1ccc(OCc2cccc(N3C4CCC3CN(Cc3nc5ccc(C(=O)O)cc5n3C[C@@H]3CCO3)C4)n2)c(F)c1. The van der Waals surface area contributed by atoms with Gasteiger partial charge < -0.3 is 24.0 Å². The van der Waals surface area contributed by atoms with Gasteiger partial charge in [0, 0.05) is 31.8 Å². The number of anilines is 1. The summed E-state index contributed by atoms with van der Waals surface area (Å²) in [6, 6.07) is 16.7. The summed E-state index contributed by atoms with van der Waals surface area (Å²) < 4.78 is 27.9. The number of hydrogen-bond donors (Lipinski definition) is 1. The summed E-state index contributed by atoms with van der Waals surface area (Å²) in [5.74, 6) is 0.803. The number of fused-ring (bicyclic) bond motifs is 3. The molecular weight excluding hydrogens is 537 g/mol. The second kappa shape index (κ2) is 11.0. The molecular formula is C32H34FN5O4. The van der Waals surface area contributed by atoms with E-state index in [4.69, 9.17) is 19.4 Å². The van der Waals surface area contributed by atoms with Gasteiger partial charge in [0.25, 0.3) is 0 Å². The van der Waals surface area contributed by atoms with Gasteiger partial charge in [0.05, 0.1) is 41.5 Å². The Kier molecular flexibility index (Phi) is 7.03. The quantitative estimate of drug-likeness (QED) is 0.306. The average Bonchev–Trinajstić information content (AvgIpc) is 3.42. The predicted molar refractivity (Wildman–Crippen MR) is 155 cm³/mol. The summed E-state index contributed by atoms with van der Waals surface area (Å²) in [5.41, 5.74) is 3.54. The van der Waals surface area contributed by atoms with E-state index in [-0.39, 0.29) is 29.8 Å². The highest BCUT2D eigenvalue weighted by Gasteiger charge is 2.41. The highest BCUT2D eigenvalue weighted by atomic mass is 19.1. The lowest BCUT2D eigenvalue weighted by Crippen LogP contribution is -2.54. The molecule has 0 amide bonds. The number of benzene rings is 2. The molecule has 4 aromatic rings. The van der Waals surface area contributed by atoms with Gasteiger partial charge in [-0.2, -0.15) is 0 Å². The Morgan fingerprint density at radius 2 is 1.88 bits per heavy atom. The van der Waals surface area contributed by atoms with Crippen LogP contribution in [0.25, 0.3) is 11.0 Å². The number of carboxylic acids is 1. The first-order chi connectivity index (χ1) is 20.4. The van der Waals surface area contributed by atoms with E-state index < -0.39 is 5.97 Å². The fourth-order valence-corrected chi connectivity index (χ4v) is 6.52. The summed E-state index contributed by atoms with van der Waals surface area (Å²) in [4.78, 5) is 26.4. The first kappa shape index (κ1) is 26.9. The minimum Gasteiger partial charge on any atom is -0.484 e. The standard InChI is InChI=1S/C32H34FN5O4/c1-20-5-10-29(26(33)13-20)42-19-22-3-2-4-30(34-22)38-23-7-8-24(38)16-36(15-23)18-31-35-27-9-6-21(32(39)40)14-28(27)37(31)17-25-11-12-41-25/h2-6,9-10,13-14,23-25H,7-8,11-12,15-19H2,1H3,(H,39,40)/t23?,24?,25-/m0/s1. The van der Waals surface area contributed by atoms with E-state index >= 15 is 0 Å². The Labute approximate surface area is 243 Å². The maximum absolute atomic E-state index is 14.3. The van der Waals surface area contributed by atoms with E-state index in [1.54, 1.807) is 24.3 Å². The van der Waals surface area contributed by atoms with Gasteiger partial charge in [0.1, 0.15) is 18.2 Å². The maximum atomic E-state index is 14.3. The Morgan fingerprint density at radius 1 is 1.07 bits per heavy atom. The van der Waals surface area contributed by atoms with Crippen LogP contribution >= 0.6 is 0 Å². The van der Waals surface area contributed by atoms with Crippen molar-refractivity contribution in [1.82, 2.24) is 19.4 Å². The number of rotatable bonds is 9. The van der Waals surface area contributed by atoms with E-state index in [9.17, 15) is 14.3 Å². The molecule has 7 rings (SSSR count). The third-order valence-corrected chi connectivity index (χ3v) is 8.70. The van der Waals surface area contributed by atoms with Gasteiger partial charge >= 0.3 is 5.97 Å². The second-order valence-electron chi connectivity index (χ2n) is 11.6. The molecule has 0 aliphatic carbocycles. The molecule has 3 aliphatic rings. The van der Waals surface area contributed by atoms with E-state index in [1.165, 1.54) is 6.07 Å². The Bertz CT molecular complexity index is 1620. The molecule has 0 saturated carbocycles. The van der Waals surface area contributed by atoms with E-state index in [0.717, 1.165) is 72.9 Å². The van der Waals surface area contributed by atoms with Gasteiger partial charge in [0.2, 0.25) is 0 Å². The Balaban J connectivity index is 1.07. The molecule has 2 unspecified atom stereocenters. The van der Waals surface area contributed by atoms with Crippen LogP contribution in [0.15, 0.2) is 54.6 Å². The molecule has 5 heterocycles. The molecule has 2 bridgehead atoms. The van der Waals surface area contributed by atoms with Gasteiger partial charge in [-0.25, -0.2) is 19.2 Å². The van der Waals surface area contributed by atoms with Crippen LogP contribution in [0.5, 0.6) is 5.75 Å². The fourth-order valence-electron chi connectivity index (χ4n) is 6.52. The molecule has 0 radical (unpaired) electrons. The summed E-state index contributed by atoms with van der Waals surface area (Å²) in [6.07, 6.45) is 3.31. The molecule has 0 spiro atoms. The Morgan fingerprint density at radius 3 is 2.60 bits per heavy atom. The number of halogens is 1. The molecule has 42 heavy (non-hydrogen) atoms. The molecule has 3 fully saturated rings. The number of carboxylic acid groups (broad SMARTS) is 1. The number of aryl methyl sites for hydroxylation is 1. The monoisotopic (exact) mass is 571 g/mol. The van der Waals surface area contributed by atoms with Crippen molar-refractivity contribution in [2.45, 2.75) is 64.1 Å². The molecule has 3 atom stereocenters. The van der Waals surface area contributed by atoms with E-state index in [1.807, 2.05) is 25.1 Å². The second-order valence-corrected chi connectivity index (χ2v) is 11.6. The molecule has 3 aliphatic heterocycles. The van der Waals surface area contributed by atoms with Crippen LogP contribution in [0.4, 0.5) is 10.2 Å². The van der Waals surface area contributed by atoms with Crippen molar-refractivity contribution in [2.24, 2.45) is 0 Å². The largest absolute Gasteiger partial charge is 0.484 e. The van der Waals surface area contributed by atoms with Crippen molar-refractivity contribution in [3.8, 4) is 5.75 Å². The first-order valence-corrected chi connectivity index (χ1v) is 14.6. The molecule has 3 saturated heterocycles.